The van der Waals surface area contributed by atoms with Crippen LogP contribution < -0.4 is 5.32 Å². The van der Waals surface area contributed by atoms with Crippen LogP contribution in [0.4, 0.5) is 0 Å². The molecule has 0 amide bonds. The van der Waals surface area contributed by atoms with Gasteiger partial charge >= 0.3 is 0 Å². The van der Waals surface area contributed by atoms with Crippen LogP contribution in [0.1, 0.15) is 25.1 Å². The topological polar surface area (TPSA) is 55.6 Å². The molecule has 0 radical (unpaired) electrons. The minimum Gasteiger partial charge on any atom is -0.312 e. The van der Waals surface area contributed by atoms with Crippen molar-refractivity contribution in [1.29, 1.82) is 0 Å². The average molecular weight is 245 g/mol. The Hall–Kier alpha value is -1.75. The van der Waals surface area contributed by atoms with Crippen molar-refractivity contribution in [3.8, 4) is 5.95 Å². The molecule has 2 heterocycles. The van der Waals surface area contributed by atoms with Gasteiger partial charge in [-0.05, 0) is 25.5 Å². The number of hydrogen-bond acceptors (Lipinski definition) is 4. The van der Waals surface area contributed by atoms with Crippen LogP contribution in [0, 0.1) is 12.8 Å². The minimum atomic E-state index is 0.607. The number of aromatic nitrogens is 4. The zero-order valence-electron chi connectivity index (χ0n) is 11.1. The highest BCUT2D eigenvalue weighted by Crippen LogP contribution is 2.02. The fourth-order valence-electron chi connectivity index (χ4n) is 1.59. The zero-order valence-corrected chi connectivity index (χ0v) is 11.1. The van der Waals surface area contributed by atoms with Gasteiger partial charge in [0.05, 0.1) is 5.69 Å². The molecule has 0 aromatic carbocycles. The van der Waals surface area contributed by atoms with Gasteiger partial charge in [-0.2, -0.15) is 5.10 Å². The fourth-order valence-corrected chi connectivity index (χ4v) is 1.59. The second-order valence-electron chi connectivity index (χ2n) is 4.82. The standard InChI is InChI=1S/C13H19N5/c1-10(2)6-14-7-12-8-15-13(16-9-12)18-5-4-11(3)17-18/h4-5,8-10,14H,6-7H2,1-3H3. The maximum absolute atomic E-state index is 4.31. The molecule has 0 spiro atoms. The molecule has 0 unspecified atom stereocenters. The number of aryl methyl sites for hydroxylation is 1. The first-order valence-corrected chi connectivity index (χ1v) is 6.19. The van der Waals surface area contributed by atoms with Gasteiger partial charge < -0.3 is 5.32 Å². The van der Waals surface area contributed by atoms with E-state index in [4.69, 9.17) is 0 Å². The summed E-state index contributed by atoms with van der Waals surface area (Å²) in [5, 5.41) is 7.63. The summed E-state index contributed by atoms with van der Waals surface area (Å²) in [4.78, 5) is 8.62. The number of rotatable bonds is 5. The van der Waals surface area contributed by atoms with Gasteiger partial charge in [0.2, 0.25) is 5.95 Å². The largest absolute Gasteiger partial charge is 0.312 e. The molecular formula is C13H19N5. The molecule has 2 aromatic rings. The van der Waals surface area contributed by atoms with Crippen LogP contribution in [0.25, 0.3) is 5.95 Å². The minimum absolute atomic E-state index is 0.607. The lowest BCUT2D eigenvalue weighted by atomic mass is 10.2. The van der Waals surface area contributed by atoms with Crippen molar-refractivity contribution in [3.05, 3.63) is 35.9 Å². The van der Waals surface area contributed by atoms with E-state index < -0.39 is 0 Å². The van der Waals surface area contributed by atoms with E-state index in [0.29, 0.717) is 11.9 Å². The Morgan fingerprint density at radius 3 is 2.56 bits per heavy atom. The SMILES string of the molecule is Cc1ccn(-c2ncc(CNCC(C)C)cn2)n1. The summed E-state index contributed by atoms with van der Waals surface area (Å²) in [6, 6.07) is 1.93. The third-order valence-corrected chi connectivity index (χ3v) is 2.50. The molecule has 0 saturated heterocycles. The summed E-state index contributed by atoms with van der Waals surface area (Å²) < 4.78 is 1.68. The van der Waals surface area contributed by atoms with Crippen molar-refractivity contribution in [2.75, 3.05) is 6.54 Å². The van der Waals surface area contributed by atoms with E-state index in [1.54, 1.807) is 4.68 Å². The van der Waals surface area contributed by atoms with Gasteiger partial charge in [0.15, 0.2) is 0 Å². The van der Waals surface area contributed by atoms with Gasteiger partial charge in [0, 0.05) is 30.7 Å². The molecule has 2 rings (SSSR count). The lowest BCUT2D eigenvalue weighted by Crippen LogP contribution is -2.19. The normalized spacial score (nSPS) is 11.1. The van der Waals surface area contributed by atoms with Crippen LogP contribution in [0.15, 0.2) is 24.7 Å². The molecule has 5 heteroatoms. The molecule has 0 atom stereocenters. The van der Waals surface area contributed by atoms with Gasteiger partial charge in [0.1, 0.15) is 0 Å². The first-order valence-electron chi connectivity index (χ1n) is 6.19. The van der Waals surface area contributed by atoms with Crippen LogP contribution in [0.5, 0.6) is 0 Å². The van der Waals surface area contributed by atoms with Crippen LogP contribution >= 0.6 is 0 Å². The van der Waals surface area contributed by atoms with E-state index in [9.17, 15) is 0 Å². The Labute approximate surface area is 107 Å². The van der Waals surface area contributed by atoms with Crippen molar-refractivity contribution >= 4 is 0 Å². The molecule has 0 aliphatic rings. The van der Waals surface area contributed by atoms with Gasteiger partial charge in [0.25, 0.3) is 0 Å². The van der Waals surface area contributed by atoms with Crippen molar-refractivity contribution < 1.29 is 0 Å². The highest BCUT2D eigenvalue weighted by Gasteiger charge is 2.02. The Balaban J connectivity index is 1.97. The third kappa shape index (κ3) is 3.37. The van der Waals surface area contributed by atoms with Gasteiger partial charge in [-0.25, -0.2) is 14.6 Å². The Kier molecular flexibility index (Phi) is 4.04. The maximum Gasteiger partial charge on any atom is 0.250 e. The Bertz CT molecular complexity index is 486. The molecule has 5 nitrogen and oxygen atoms in total. The van der Waals surface area contributed by atoms with Crippen LogP contribution in [0.3, 0.4) is 0 Å². The maximum atomic E-state index is 4.31. The van der Waals surface area contributed by atoms with Gasteiger partial charge in [-0.3, -0.25) is 0 Å². The highest BCUT2D eigenvalue weighted by molar-refractivity contribution is 5.14. The monoisotopic (exact) mass is 245 g/mol. The Morgan fingerprint density at radius 2 is 2.00 bits per heavy atom. The molecule has 0 aliphatic heterocycles. The third-order valence-electron chi connectivity index (χ3n) is 2.50. The second kappa shape index (κ2) is 5.73. The van der Waals surface area contributed by atoms with Gasteiger partial charge in [-0.1, -0.05) is 13.8 Å². The quantitative estimate of drug-likeness (QED) is 0.871. The van der Waals surface area contributed by atoms with Gasteiger partial charge in [-0.15, -0.1) is 0 Å². The first kappa shape index (κ1) is 12.7. The predicted octanol–water partition coefficient (Wildman–Crippen LogP) is 1.72. The van der Waals surface area contributed by atoms with Crippen LogP contribution in [-0.4, -0.2) is 26.3 Å². The van der Waals surface area contributed by atoms with E-state index in [1.165, 1.54) is 0 Å². The van der Waals surface area contributed by atoms with Crippen molar-refractivity contribution in [1.82, 2.24) is 25.1 Å². The van der Waals surface area contributed by atoms with E-state index in [1.807, 2.05) is 31.6 Å². The Morgan fingerprint density at radius 1 is 1.28 bits per heavy atom. The van der Waals surface area contributed by atoms with Crippen LogP contribution in [0.2, 0.25) is 0 Å². The smallest absolute Gasteiger partial charge is 0.250 e. The van der Waals surface area contributed by atoms with Crippen molar-refractivity contribution in [2.45, 2.75) is 27.3 Å². The predicted molar refractivity (Wildman–Crippen MR) is 70.4 cm³/mol. The zero-order chi connectivity index (χ0) is 13.0. The van der Waals surface area contributed by atoms with Crippen LogP contribution in [-0.2, 0) is 6.54 Å². The molecule has 18 heavy (non-hydrogen) atoms. The summed E-state index contributed by atoms with van der Waals surface area (Å²) in [5.41, 5.74) is 2.05. The summed E-state index contributed by atoms with van der Waals surface area (Å²) in [7, 11) is 0. The molecule has 0 bridgehead atoms. The average Bonchev–Trinajstić information content (AvgIpc) is 2.76. The molecule has 0 saturated carbocycles. The number of nitrogens with zero attached hydrogens (tertiary/aromatic N) is 4. The number of hydrogen-bond donors (Lipinski definition) is 1. The van der Waals surface area contributed by atoms with E-state index in [0.717, 1.165) is 24.3 Å². The fraction of sp³-hybridized carbons (Fsp3) is 0.462. The lowest BCUT2D eigenvalue weighted by Gasteiger charge is -2.07. The summed E-state index contributed by atoms with van der Waals surface area (Å²) in [5.74, 6) is 1.26. The molecule has 96 valence electrons. The second-order valence-corrected chi connectivity index (χ2v) is 4.82. The molecular weight excluding hydrogens is 226 g/mol. The van der Waals surface area contributed by atoms with Crippen molar-refractivity contribution in [2.24, 2.45) is 5.92 Å². The summed E-state index contributed by atoms with van der Waals surface area (Å²) in [6.45, 7) is 8.12. The van der Waals surface area contributed by atoms with E-state index >= 15 is 0 Å². The first-order chi connectivity index (χ1) is 8.65. The molecule has 0 aliphatic carbocycles. The summed E-state index contributed by atoms with van der Waals surface area (Å²) in [6.07, 6.45) is 5.54. The lowest BCUT2D eigenvalue weighted by molar-refractivity contribution is 0.551. The summed E-state index contributed by atoms with van der Waals surface area (Å²) >= 11 is 0. The molecule has 2 aromatic heterocycles. The molecule has 1 N–H and O–H groups in total. The number of nitrogens with one attached hydrogen (secondary N) is 1. The van der Waals surface area contributed by atoms with Crippen molar-refractivity contribution in [3.63, 3.8) is 0 Å². The highest BCUT2D eigenvalue weighted by atomic mass is 15.3. The van der Waals surface area contributed by atoms with E-state index in [2.05, 4.69) is 34.2 Å². The molecule has 0 fully saturated rings. The van der Waals surface area contributed by atoms with E-state index in [-0.39, 0.29) is 0 Å².